The van der Waals surface area contributed by atoms with Crippen LogP contribution in [0.2, 0.25) is 0 Å². The van der Waals surface area contributed by atoms with Crippen molar-refractivity contribution in [3.63, 3.8) is 0 Å². The number of aryl methyl sites for hydroxylation is 1. The van der Waals surface area contributed by atoms with Gasteiger partial charge in [0.1, 0.15) is 9.77 Å². The highest BCUT2D eigenvalue weighted by Gasteiger charge is 2.38. The molecule has 0 spiro atoms. The number of esters is 1. The number of ether oxygens (including phenoxy) is 1. The first-order chi connectivity index (χ1) is 9.43. The minimum Gasteiger partial charge on any atom is -0.465 e. The molecule has 0 unspecified atom stereocenters. The summed E-state index contributed by atoms with van der Waals surface area (Å²) in [6, 6.07) is -0.412. The van der Waals surface area contributed by atoms with E-state index in [0.717, 1.165) is 11.3 Å². The summed E-state index contributed by atoms with van der Waals surface area (Å²) in [4.78, 5) is 11.8. The van der Waals surface area contributed by atoms with Gasteiger partial charge in [-0.05, 0) is 30.7 Å². The van der Waals surface area contributed by atoms with Crippen LogP contribution in [-0.4, -0.2) is 50.1 Å². The molecule has 1 aliphatic rings. The number of hydrogen-bond donors (Lipinski definition) is 1. The molecule has 1 fully saturated rings. The molecule has 2 heterocycles. The van der Waals surface area contributed by atoms with Crippen molar-refractivity contribution in [1.82, 2.24) is 4.31 Å². The molecule has 0 aromatic carbocycles. The van der Waals surface area contributed by atoms with Gasteiger partial charge in [-0.15, -0.1) is 11.3 Å². The summed E-state index contributed by atoms with van der Waals surface area (Å²) in [5.74, 6) is -0.651. The summed E-state index contributed by atoms with van der Waals surface area (Å²) in [6.07, 6.45) is 1.34. The van der Waals surface area contributed by atoms with Crippen molar-refractivity contribution in [2.75, 3.05) is 20.3 Å². The van der Waals surface area contributed by atoms with Crippen molar-refractivity contribution in [3.05, 3.63) is 15.8 Å². The van der Waals surface area contributed by atoms with Crippen LogP contribution in [0.4, 0.5) is 0 Å². The molecule has 1 N–H and O–H groups in total. The van der Waals surface area contributed by atoms with Crippen LogP contribution in [0.15, 0.2) is 10.3 Å². The van der Waals surface area contributed by atoms with Crippen molar-refractivity contribution in [3.8, 4) is 0 Å². The number of carbonyl (C=O) groups is 1. The largest absolute Gasteiger partial charge is 0.465 e. The molecule has 6 nitrogen and oxygen atoms in total. The lowest BCUT2D eigenvalue weighted by atomic mass is 10.2. The molecular weight excluding hydrogens is 302 g/mol. The van der Waals surface area contributed by atoms with Gasteiger partial charge >= 0.3 is 5.97 Å². The molecule has 2 rings (SSSR count). The van der Waals surface area contributed by atoms with Crippen molar-refractivity contribution in [2.24, 2.45) is 0 Å². The molecule has 1 aliphatic heterocycles. The Hall–Kier alpha value is -0.960. The van der Waals surface area contributed by atoms with E-state index >= 15 is 0 Å². The Morgan fingerprint density at radius 3 is 2.90 bits per heavy atom. The van der Waals surface area contributed by atoms with Gasteiger partial charge in [0.25, 0.3) is 0 Å². The van der Waals surface area contributed by atoms with E-state index in [-0.39, 0.29) is 16.4 Å². The third kappa shape index (κ3) is 2.48. The highest BCUT2D eigenvalue weighted by molar-refractivity contribution is 7.89. The van der Waals surface area contributed by atoms with Crippen LogP contribution >= 0.6 is 11.3 Å². The number of aliphatic hydroxyl groups is 1. The number of sulfonamides is 1. The zero-order chi connectivity index (χ0) is 14.9. The third-order valence-electron chi connectivity index (χ3n) is 3.39. The van der Waals surface area contributed by atoms with Crippen LogP contribution in [0.5, 0.6) is 0 Å². The van der Waals surface area contributed by atoms with Gasteiger partial charge in [-0.3, -0.25) is 0 Å². The minimum atomic E-state index is -3.79. The monoisotopic (exact) mass is 319 g/mol. The van der Waals surface area contributed by atoms with Gasteiger partial charge in [0.15, 0.2) is 0 Å². The van der Waals surface area contributed by atoms with Gasteiger partial charge in [-0.1, -0.05) is 0 Å². The molecule has 0 amide bonds. The van der Waals surface area contributed by atoms with Gasteiger partial charge in [-0.2, -0.15) is 4.31 Å². The van der Waals surface area contributed by atoms with E-state index in [1.54, 1.807) is 12.3 Å². The van der Waals surface area contributed by atoms with E-state index in [1.807, 2.05) is 0 Å². The van der Waals surface area contributed by atoms with Crippen LogP contribution in [0.25, 0.3) is 0 Å². The number of rotatable bonds is 4. The average molecular weight is 319 g/mol. The van der Waals surface area contributed by atoms with E-state index < -0.39 is 22.0 Å². The first-order valence-electron chi connectivity index (χ1n) is 6.22. The Bertz CT molecular complexity index is 607. The molecule has 0 saturated carbocycles. The fourth-order valence-electron chi connectivity index (χ4n) is 2.41. The first-order valence-corrected chi connectivity index (χ1v) is 8.54. The molecule has 20 heavy (non-hydrogen) atoms. The molecule has 1 atom stereocenters. The van der Waals surface area contributed by atoms with E-state index in [4.69, 9.17) is 0 Å². The molecule has 0 radical (unpaired) electrons. The number of methoxy groups -OCH3 is 1. The minimum absolute atomic E-state index is 0.00898. The van der Waals surface area contributed by atoms with Crippen LogP contribution in [-0.2, 0) is 14.8 Å². The van der Waals surface area contributed by atoms with Gasteiger partial charge in [0.05, 0.1) is 13.7 Å². The lowest BCUT2D eigenvalue weighted by molar-refractivity contribution is 0.0602. The molecule has 0 bridgehead atoms. The zero-order valence-electron chi connectivity index (χ0n) is 11.3. The van der Waals surface area contributed by atoms with Gasteiger partial charge < -0.3 is 9.84 Å². The van der Waals surface area contributed by atoms with E-state index in [1.165, 1.54) is 11.4 Å². The highest BCUT2D eigenvalue weighted by Crippen LogP contribution is 2.33. The summed E-state index contributed by atoms with van der Waals surface area (Å²) < 4.78 is 31.4. The molecule has 8 heteroatoms. The Kier molecular flexibility index (Phi) is 4.48. The summed E-state index contributed by atoms with van der Waals surface area (Å²) >= 11 is 1.06. The van der Waals surface area contributed by atoms with Crippen LogP contribution in [0, 0.1) is 6.92 Å². The van der Waals surface area contributed by atoms with Crippen molar-refractivity contribution >= 4 is 27.3 Å². The maximum Gasteiger partial charge on any atom is 0.349 e. The van der Waals surface area contributed by atoms with Crippen LogP contribution in [0.3, 0.4) is 0 Å². The Labute approximate surface area is 122 Å². The Morgan fingerprint density at radius 1 is 1.60 bits per heavy atom. The second-order valence-electron chi connectivity index (χ2n) is 4.66. The fraction of sp³-hybridized carbons (Fsp3) is 0.583. The van der Waals surface area contributed by atoms with E-state index in [2.05, 4.69) is 4.74 Å². The maximum atomic E-state index is 12.7. The van der Waals surface area contributed by atoms with Crippen molar-refractivity contribution in [2.45, 2.75) is 30.7 Å². The van der Waals surface area contributed by atoms with Gasteiger partial charge in [0, 0.05) is 12.6 Å². The first kappa shape index (κ1) is 15.4. The standard InChI is InChI=1S/C12H17NO5S2/c1-8-7-19-10(12(15)18-2)11(8)20(16,17)13-5-3-4-9(13)6-14/h7,9,14H,3-6H2,1-2H3/t9-/m1/s1. The fourth-order valence-corrected chi connectivity index (χ4v) is 5.76. The molecular formula is C12H17NO5S2. The topological polar surface area (TPSA) is 83.9 Å². The quantitative estimate of drug-likeness (QED) is 0.837. The molecule has 112 valence electrons. The average Bonchev–Trinajstić information content (AvgIpc) is 3.04. The smallest absolute Gasteiger partial charge is 0.349 e. The van der Waals surface area contributed by atoms with Crippen LogP contribution < -0.4 is 0 Å². The second-order valence-corrected chi connectivity index (χ2v) is 7.37. The third-order valence-corrected chi connectivity index (χ3v) is 6.74. The van der Waals surface area contributed by atoms with E-state index in [9.17, 15) is 18.3 Å². The van der Waals surface area contributed by atoms with E-state index in [0.29, 0.717) is 24.9 Å². The van der Waals surface area contributed by atoms with Gasteiger partial charge in [0.2, 0.25) is 10.0 Å². The van der Waals surface area contributed by atoms with Crippen molar-refractivity contribution < 1.29 is 23.1 Å². The molecule has 0 aliphatic carbocycles. The van der Waals surface area contributed by atoms with Gasteiger partial charge in [-0.25, -0.2) is 13.2 Å². The molecule has 1 aromatic heterocycles. The summed E-state index contributed by atoms with van der Waals surface area (Å²) in [6.45, 7) is 1.80. The second kappa shape index (κ2) is 5.80. The van der Waals surface area contributed by atoms with Crippen LogP contribution in [0.1, 0.15) is 28.1 Å². The molecule has 1 aromatic rings. The lowest BCUT2D eigenvalue weighted by Gasteiger charge is -2.22. The lowest BCUT2D eigenvalue weighted by Crippen LogP contribution is -2.38. The predicted octanol–water partition coefficient (Wildman–Crippen LogP) is 0.989. The SMILES string of the molecule is COC(=O)c1scc(C)c1S(=O)(=O)N1CCC[C@@H]1CO. The number of nitrogens with zero attached hydrogens (tertiary/aromatic N) is 1. The summed E-state index contributed by atoms with van der Waals surface area (Å²) in [7, 11) is -2.57. The zero-order valence-corrected chi connectivity index (χ0v) is 13.0. The Balaban J connectivity index is 2.49. The number of thiophene rings is 1. The summed E-state index contributed by atoms with van der Waals surface area (Å²) in [5, 5.41) is 10.9. The predicted molar refractivity (Wildman–Crippen MR) is 74.4 cm³/mol. The number of hydrogen-bond acceptors (Lipinski definition) is 6. The van der Waals surface area contributed by atoms with Crippen molar-refractivity contribution in [1.29, 1.82) is 0 Å². The summed E-state index contributed by atoms with van der Waals surface area (Å²) in [5.41, 5.74) is 0.527. The Morgan fingerprint density at radius 2 is 2.30 bits per heavy atom. The normalized spacial score (nSPS) is 20.2. The highest BCUT2D eigenvalue weighted by atomic mass is 32.2. The number of aliphatic hydroxyl groups excluding tert-OH is 1. The molecule has 1 saturated heterocycles. The maximum absolute atomic E-state index is 12.7. The number of carbonyl (C=O) groups excluding carboxylic acids is 1.